The van der Waals surface area contributed by atoms with E-state index in [4.69, 9.17) is 16.7 Å². The van der Waals surface area contributed by atoms with Gasteiger partial charge >= 0.3 is 0 Å². The Morgan fingerprint density at radius 1 is 1.25 bits per heavy atom. The molecular weight excluding hydrogens is 224 g/mol. The fourth-order valence-corrected chi connectivity index (χ4v) is 1.56. The molecule has 0 aliphatic heterocycles. The first-order valence-electron chi connectivity index (χ1n) is 4.90. The van der Waals surface area contributed by atoms with E-state index in [-0.39, 0.29) is 6.61 Å². The highest BCUT2D eigenvalue weighted by Gasteiger charge is 2.03. The lowest BCUT2D eigenvalue weighted by Gasteiger charge is -2.05. The summed E-state index contributed by atoms with van der Waals surface area (Å²) in [7, 11) is 0. The summed E-state index contributed by atoms with van der Waals surface area (Å²) in [6, 6.07) is 7.33. The van der Waals surface area contributed by atoms with Crippen molar-refractivity contribution in [1.29, 1.82) is 0 Å². The Bertz CT molecular complexity index is 497. The van der Waals surface area contributed by atoms with Gasteiger partial charge in [0.25, 0.3) is 0 Å². The average molecular weight is 235 g/mol. The molecule has 82 valence electrons. The monoisotopic (exact) mass is 234 g/mol. The molecule has 0 amide bonds. The molecule has 1 N–H and O–H groups in total. The van der Waals surface area contributed by atoms with Crippen molar-refractivity contribution in [3.63, 3.8) is 0 Å². The van der Waals surface area contributed by atoms with Crippen molar-refractivity contribution in [1.82, 2.24) is 9.97 Å². The van der Waals surface area contributed by atoms with Gasteiger partial charge in [0, 0.05) is 17.5 Å². The van der Waals surface area contributed by atoms with Crippen molar-refractivity contribution < 1.29 is 5.11 Å². The van der Waals surface area contributed by atoms with E-state index in [1.54, 1.807) is 12.3 Å². The lowest BCUT2D eigenvalue weighted by molar-refractivity contribution is 0.280. The number of aliphatic hydroxyl groups is 1. The van der Waals surface area contributed by atoms with E-state index in [2.05, 4.69) is 9.97 Å². The maximum absolute atomic E-state index is 9.05. The molecule has 0 spiro atoms. The van der Waals surface area contributed by atoms with Crippen LogP contribution in [0.5, 0.6) is 0 Å². The van der Waals surface area contributed by atoms with Gasteiger partial charge in [-0.2, -0.15) is 0 Å². The summed E-state index contributed by atoms with van der Waals surface area (Å²) < 4.78 is 0. The zero-order valence-corrected chi connectivity index (χ0v) is 9.57. The molecule has 2 heterocycles. The minimum absolute atomic E-state index is 0.0119. The number of aliphatic hydroxyl groups excluding tert-OH is 1. The lowest BCUT2D eigenvalue weighted by Crippen LogP contribution is -1.94. The molecule has 0 saturated carbocycles. The van der Waals surface area contributed by atoms with E-state index in [1.807, 2.05) is 25.1 Å². The Morgan fingerprint density at radius 3 is 2.62 bits per heavy atom. The number of rotatable bonds is 2. The molecule has 3 nitrogen and oxygen atoms in total. The normalized spacial score (nSPS) is 10.4. The van der Waals surface area contributed by atoms with Gasteiger partial charge < -0.3 is 5.11 Å². The number of aryl methyl sites for hydroxylation is 1. The number of hydrogen-bond donors (Lipinski definition) is 1. The first-order valence-corrected chi connectivity index (χ1v) is 5.28. The van der Waals surface area contributed by atoms with Crippen molar-refractivity contribution >= 4 is 11.6 Å². The maximum atomic E-state index is 9.05. The smallest absolute Gasteiger partial charge is 0.129 e. The van der Waals surface area contributed by atoms with E-state index >= 15 is 0 Å². The second kappa shape index (κ2) is 4.60. The van der Waals surface area contributed by atoms with Crippen molar-refractivity contribution in [2.24, 2.45) is 0 Å². The fraction of sp³-hybridized carbons (Fsp3) is 0.167. The van der Waals surface area contributed by atoms with E-state index in [0.717, 1.165) is 22.5 Å². The average Bonchev–Trinajstić information content (AvgIpc) is 2.30. The van der Waals surface area contributed by atoms with Gasteiger partial charge in [-0.05, 0) is 30.7 Å². The van der Waals surface area contributed by atoms with Gasteiger partial charge in [0.05, 0.1) is 12.3 Å². The van der Waals surface area contributed by atoms with Crippen LogP contribution in [0.3, 0.4) is 0 Å². The second-order valence-electron chi connectivity index (χ2n) is 3.47. The van der Waals surface area contributed by atoms with Crippen LogP contribution in [0.1, 0.15) is 11.3 Å². The minimum Gasteiger partial charge on any atom is -0.392 e. The highest BCUT2D eigenvalue weighted by atomic mass is 35.5. The highest BCUT2D eigenvalue weighted by Crippen LogP contribution is 2.19. The summed E-state index contributed by atoms with van der Waals surface area (Å²) in [4.78, 5) is 8.40. The van der Waals surface area contributed by atoms with Crippen LogP contribution in [0.4, 0.5) is 0 Å². The Morgan fingerprint density at radius 2 is 2.06 bits per heavy atom. The number of pyridine rings is 2. The summed E-state index contributed by atoms with van der Waals surface area (Å²) in [5, 5.41) is 9.51. The van der Waals surface area contributed by atoms with Gasteiger partial charge in [-0.3, -0.25) is 4.98 Å². The molecule has 2 rings (SSSR count). The van der Waals surface area contributed by atoms with Crippen LogP contribution in [-0.2, 0) is 6.61 Å². The first kappa shape index (κ1) is 11.0. The zero-order chi connectivity index (χ0) is 11.5. The number of aromatic nitrogens is 2. The van der Waals surface area contributed by atoms with Crippen LogP contribution >= 0.6 is 11.6 Å². The van der Waals surface area contributed by atoms with Crippen LogP contribution in [0, 0.1) is 6.92 Å². The molecule has 4 heteroatoms. The molecule has 0 atom stereocenters. The van der Waals surface area contributed by atoms with Crippen molar-refractivity contribution in [3.8, 4) is 11.3 Å². The lowest BCUT2D eigenvalue weighted by atomic mass is 10.1. The SMILES string of the molecule is Cc1nc(-c2ccc(Cl)nc2)ccc1CO. The Balaban J connectivity index is 2.41. The molecule has 2 aromatic rings. The van der Waals surface area contributed by atoms with E-state index in [0.29, 0.717) is 5.15 Å². The quantitative estimate of drug-likeness (QED) is 0.813. The molecule has 0 saturated heterocycles. The number of nitrogens with zero attached hydrogens (tertiary/aromatic N) is 2. The Labute approximate surface area is 98.8 Å². The third-order valence-corrected chi connectivity index (χ3v) is 2.61. The maximum Gasteiger partial charge on any atom is 0.129 e. The summed E-state index contributed by atoms with van der Waals surface area (Å²) in [6.45, 7) is 1.89. The molecule has 0 aliphatic carbocycles. The van der Waals surface area contributed by atoms with Crippen molar-refractivity contribution in [2.75, 3.05) is 0 Å². The summed E-state index contributed by atoms with van der Waals surface area (Å²) in [6.07, 6.45) is 1.68. The predicted molar refractivity (Wildman–Crippen MR) is 63.1 cm³/mol. The third-order valence-electron chi connectivity index (χ3n) is 2.39. The van der Waals surface area contributed by atoms with Crippen molar-refractivity contribution in [3.05, 3.63) is 46.9 Å². The second-order valence-corrected chi connectivity index (χ2v) is 3.86. The molecule has 0 bridgehead atoms. The number of halogens is 1. The Hall–Kier alpha value is -1.45. The van der Waals surface area contributed by atoms with Gasteiger partial charge in [-0.15, -0.1) is 0 Å². The van der Waals surface area contributed by atoms with Crippen molar-refractivity contribution in [2.45, 2.75) is 13.5 Å². The molecule has 2 aromatic heterocycles. The Kier molecular flexibility index (Phi) is 3.17. The van der Waals surface area contributed by atoms with Crippen LogP contribution in [0.25, 0.3) is 11.3 Å². The van der Waals surface area contributed by atoms with Crippen LogP contribution in [-0.4, -0.2) is 15.1 Å². The molecule has 0 fully saturated rings. The van der Waals surface area contributed by atoms with Gasteiger partial charge in [-0.1, -0.05) is 17.7 Å². The first-order chi connectivity index (χ1) is 7.70. The molecule has 0 unspecified atom stereocenters. The fourth-order valence-electron chi connectivity index (χ4n) is 1.45. The van der Waals surface area contributed by atoms with Gasteiger partial charge in [0.1, 0.15) is 5.15 Å². The molecule has 0 aliphatic rings. The van der Waals surface area contributed by atoms with Crippen LogP contribution in [0.15, 0.2) is 30.5 Å². The summed E-state index contributed by atoms with van der Waals surface area (Å²) >= 11 is 5.71. The van der Waals surface area contributed by atoms with E-state index < -0.39 is 0 Å². The molecule has 0 radical (unpaired) electrons. The predicted octanol–water partition coefficient (Wildman–Crippen LogP) is 2.60. The van der Waals surface area contributed by atoms with Crippen LogP contribution < -0.4 is 0 Å². The van der Waals surface area contributed by atoms with Crippen LogP contribution in [0.2, 0.25) is 5.15 Å². The summed E-state index contributed by atoms with van der Waals surface area (Å²) in [5.41, 5.74) is 3.41. The van der Waals surface area contributed by atoms with Gasteiger partial charge in [-0.25, -0.2) is 4.98 Å². The standard InChI is InChI=1S/C12H11ClN2O/c1-8-10(7-16)2-4-11(15-8)9-3-5-12(13)14-6-9/h2-6,16H,7H2,1H3. The van der Waals surface area contributed by atoms with Gasteiger partial charge in [0.2, 0.25) is 0 Å². The van der Waals surface area contributed by atoms with Gasteiger partial charge in [0.15, 0.2) is 0 Å². The minimum atomic E-state index is 0.0119. The van der Waals surface area contributed by atoms with E-state index in [9.17, 15) is 0 Å². The van der Waals surface area contributed by atoms with E-state index in [1.165, 1.54) is 0 Å². The topological polar surface area (TPSA) is 46.0 Å². The third kappa shape index (κ3) is 2.21. The highest BCUT2D eigenvalue weighted by molar-refractivity contribution is 6.29. The zero-order valence-electron chi connectivity index (χ0n) is 8.81. The number of hydrogen-bond acceptors (Lipinski definition) is 3. The largest absolute Gasteiger partial charge is 0.392 e. The molecular formula is C12H11ClN2O. The summed E-state index contributed by atoms with van der Waals surface area (Å²) in [5.74, 6) is 0. The molecule has 0 aromatic carbocycles. The molecule has 16 heavy (non-hydrogen) atoms.